The van der Waals surface area contributed by atoms with Gasteiger partial charge in [-0.3, -0.25) is 9.69 Å². The van der Waals surface area contributed by atoms with Crippen molar-refractivity contribution < 1.29 is 4.79 Å². The molecule has 23 heavy (non-hydrogen) atoms. The van der Waals surface area contributed by atoms with E-state index in [9.17, 15) is 4.79 Å². The molecule has 116 valence electrons. The molecule has 1 amide bonds. The third-order valence-corrected chi connectivity index (χ3v) is 5.09. The largest absolute Gasteiger partial charge is 0.270 e. The normalized spacial score (nSPS) is 16.4. The van der Waals surface area contributed by atoms with Crippen LogP contribution in [0.25, 0.3) is 6.08 Å². The number of halogens is 1. The highest BCUT2D eigenvalue weighted by atomic mass is 35.5. The summed E-state index contributed by atoms with van der Waals surface area (Å²) in [6.07, 6.45) is 2.68. The zero-order valence-electron chi connectivity index (χ0n) is 12.5. The van der Waals surface area contributed by atoms with E-state index in [-0.39, 0.29) is 5.91 Å². The summed E-state index contributed by atoms with van der Waals surface area (Å²) in [5, 5.41) is 0.644. The Morgan fingerprint density at radius 1 is 1.22 bits per heavy atom. The van der Waals surface area contributed by atoms with Crippen molar-refractivity contribution >= 4 is 57.6 Å². The number of carbonyl (C=O) groups excluding carboxylic acids is 1. The molecule has 2 aromatic rings. The summed E-state index contributed by atoms with van der Waals surface area (Å²) in [5.74, 6) is -0.0825. The molecule has 0 aliphatic carbocycles. The van der Waals surface area contributed by atoms with Crippen LogP contribution in [0.2, 0.25) is 5.02 Å². The van der Waals surface area contributed by atoms with Crippen molar-refractivity contribution in [1.29, 1.82) is 0 Å². The predicted molar refractivity (Wildman–Crippen MR) is 103 cm³/mol. The van der Waals surface area contributed by atoms with E-state index >= 15 is 0 Å². The van der Waals surface area contributed by atoms with Gasteiger partial charge in [0.2, 0.25) is 0 Å². The molecule has 0 N–H and O–H groups in total. The molecule has 1 aliphatic rings. The number of hydrogen-bond donors (Lipinski definition) is 0. The molecule has 3 rings (SSSR count). The number of aryl methyl sites for hydroxylation is 1. The maximum absolute atomic E-state index is 12.8. The third-order valence-electron chi connectivity index (χ3n) is 3.55. The molecular weight excluding hydrogens is 346 g/mol. The van der Waals surface area contributed by atoms with Gasteiger partial charge >= 0.3 is 0 Å². The summed E-state index contributed by atoms with van der Waals surface area (Å²) in [5.41, 5.74) is 2.86. The number of anilines is 1. The number of thiocarbonyl (C=S) groups is 1. The van der Waals surface area contributed by atoms with Crippen LogP contribution >= 0.6 is 35.6 Å². The topological polar surface area (TPSA) is 20.3 Å². The third kappa shape index (κ3) is 3.34. The highest BCUT2D eigenvalue weighted by molar-refractivity contribution is 8.27. The van der Waals surface area contributed by atoms with E-state index < -0.39 is 0 Å². The maximum atomic E-state index is 12.8. The van der Waals surface area contributed by atoms with Crippen molar-refractivity contribution in [3.63, 3.8) is 0 Å². The van der Waals surface area contributed by atoms with Crippen LogP contribution < -0.4 is 4.90 Å². The zero-order valence-corrected chi connectivity index (χ0v) is 14.8. The zero-order chi connectivity index (χ0) is 16.4. The Balaban J connectivity index is 1.97. The fraction of sp³-hybridized carbons (Fsp3) is 0.111. The van der Waals surface area contributed by atoms with Crippen LogP contribution in [-0.2, 0) is 11.2 Å². The van der Waals surface area contributed by atoms with Gasteiger partial charge in [0.25, 0.3) is 5.91 Å². The molecule has 2 aromatic carbocycles. The van der Waals surface area contributed by atoms with E-state index in [0.29, 0.717) is 14.2 Å². The molecule has 0 unspecified atom stereocenters. The van der Waals surface area contributed by atoms with Crippen LogP contribution in [0.1, 0.15) is 18.1 Å². The van der Waals surface area contributed by atoms with E-state index in [1.807, 2.05) is 54.6 Å². The molecule has 1 heterocycles. The molecule has 0 bridgehead atoms. The van der Waals surface area contributed by atoms with E-state index in [4.69, 9.17) is 23.8 Å². The fourth-order valence-corrected chi connectivity index (χ4v) is 3.93. The van der Waals surface area contributed by atoms with Crippen LogP contribution in [0, 0.1) is 0 Å². The molecule has 1 saturated heterocycles. The minimum Gasteiger partial charge on any atom is -0.268 e. The van der Waals surface area contributed by atoms with Crippen molar-refractivity contribution in [3.05, 3.63) is 69.6 Å². The number of carbonyl (C=O) groups is 1. The van der Waals surface area contributed by atoms with Gasteiger partial charge in [-0.15, -0.1) is 0 Å². The first-order valence-corrected chi connectivity index (χ1v) is 8.82. The van der Waals surface area contributed by atoms with Gasteiger partial charge in [-0.1, -0.05) is 72.8 Å². The Morgan fingerprint density at radius 2 is 2.00 bits per heavy atom. The van der Waals surface area contributed by atoms with E-state index in [1.54, 1.807) is 4.90 Å². The molecule has 0 saturated carbocycles. The number of benzene rings is 2. The number of thioether (sulfide) groups is 1. The molecule has 5 heteroatoms. The number of amides is 1. The number of nitrogens with zero attached hydrogens (tertiary/aromatic N) is 1. The first-order chi connectivity index (χ1) is 11.1. The van der Waals surface area contributed by atoms with Gasteiger partial charge in [0, 0.05) is 5.02 Å². The van der Waals surface area contributed by atoms with Crippen LogP contribution in [0.4, 0.5) is 5.69 Å². The summed E-state index contributed by atoms with van der Waals surface area (Å²) in [7, 11) is 0. The Morgan fingerprint density at radius 3 is 2.74 bits per heavy atom. The average molecular weight is 360 g/mol. The second-order valence-electron chi connectivity index (χ2n) is 5.05. The van der Waals surface area contributed by atoms with Gasteiger partial charge in [-0.25, -0.2) is 0 Å². The monoisotopic (exact) mass is 359 g/mol. The summed E-state index contributed by atoms with van der Waals surface area (Å²) < 4.78 is 0.559. The van der Waals surface area contributed by atoms with Crippen molar-refractivity contribution in [1.82, 2.24) is 0 Å². The first kappa shape index (κ1) is 16.2. The lowest BCUT2D eigenvalue weighted by atomic mass is 10.1. The number of rotatable bonds is 3. The minimum absolute atomic E-state index is 0.0825. The Bertz CT molecular complexity index is 816. The van der Waals surface area contributed by atoms with Crippen LogP contribution in [-0.4, -0.2) is 10.2 Å². The number of hydrogen-bond acceptors (Lipinski definition) is 3. The first-order valence-electron chi connectivity index (χ1n) is 7.21. The van der Waals surface area contributed by atoms with Crippen LogP contribution in [0.5, 0.6) is 0 Å². The van der Waals surface area contributed by atoms with Crippen molar-refractivity contribution in [2.45, 2.75) is 13.3 Å². The molecule has 1 aliphatic heterocycles. The molecule has 2 nitrogen and oxygen atoms in total. The van der Waals surface area contributed by atoms with Crippen LogP contribution in [0.15, 0.2) is 53.4 Å². The van der Waals surface area contributed by atoms with Gasteiger partial charge in [-0.2, -0.15) is 0 Å². The molecular formula is C18H14ClNOS2. The quantitative estimate of drug-likeness (QED) is 0.547. The summed E-state index contributed by atoms with van der Waals surface area (Å²) in [6.45, 7) is 2.07. The van der Waals surface area contributed by atoms with Crippen molar-refractivity contribution in [2.24, 2.45) is 0 Å². The summed E-state index contributed by atoms with van der Waals surface area (Å²) in [6, 6.07) is 15.3. The minimum atomic E-state index is -0.0825. The Labute approximate surface area is 150 Å². The Kier molecular flexibility index (Phi) is 4.85. The van der Waals surface area contributed by atoms with Gasteiger partial charge in [-0.05, 0) is 41.8 Å². The predicted octanol–water partition coefficient (Wildman–Crippen LogP) is 5.31. The lowest BCUT2D eigenvalue weighted by Crippen LogP contribution is -2.28. The highest BCUT2D eigenvalue weighted by Crippen LogP contribution is 2.37. The lowest BCUT2D eigenvalue weighted by Gasteiger charge is -2.18. The van der Waals surface area contributed by atoms with E-state index in [1.165, 1.54) is 11.8 Å². The molecule has 0 aromatic heterocycles. The number of para-hydroxylation sites is 1. The molecule has 0 atom stereocenters. The van der Waals surface area contributed by atoms with Crippen molar-refractivity contribution in [3.8, 4) is 0 Å². The second-order valence-corrected chi connectivity index (χ2v) is 7.17. The Hall–Kier alpha value is -1.62. The lowest BCUT2D eigenvalue weighted by molar-refractivity contribution is -0.113. The van der Waals surface area contributed by atoms with Gasteiger partial charge in [0.1, 0.15) is 0 Å². The standard InChI is InChI=1S/C18H14ClNOS2/c1-2-13-7-3-4-9-15(13)20-17(21)16(23-18(20)22)11-12-6-5-8-14(19)10-12/h3-11H,2H2,1H3/b16-11-. The maximum Gasteiger partial charge on any atom is 0.270 e. The van der Waals surface area contributed by atoms with E-state index in [2.05, 4.69) is 6.92 Å². The molecule has 0 radical (unpaired) electrons. The molecule has 1 fully saturated rings. The second kappa shape index (κ2) is 6.87. The fourth-order valence-electron chi connectivity index (χ4n) is 2.45. The van der Waals surface area contributed by atoms with Crippen molar-refractivity contribution in [2.75, 3.05) is 4.90 Å². The average Bonchev–Trinajstić information content (AvgIpc) is 2.81. The van der Waals surface area contributed by atoms with Gasteiger partial charge < -0.3 is 0 Å². The van der Waals surface area contributed by atoms with Gasteiger partial charge in [0.15, 0.2) is 4.32 Å². The summed E-state index contributed by atoms with van der Waals surface area (Å²) >= 11 is 12.8. The summed E-state index contributed by atoms with van der Waals surface area (Å²) in [4.78, 5) is 15.0. The SMILES string of the molecule is CCc1ccccc1N1C(=O)/C(=C/c2cccc(Cl)c2)SC1=S. The van der Waals surface area contributed by atoms with Crippen LogP contribution in [0.3, 0.4) is 0 Å². The van der Waals surface area contributed by atoms with Gasteiger partial charge in [0.05, 0.1) is 10.6 Å². The highest BCUT2D eigenvalue weighted by Gasteiger charge is 2.34. The molecule has 0 spiro atoms. The van der Waals surface area contributed by atoms with E-state index in [0.717, 1.165) is 23.2 Å². The smallest absolute Gasteiger partial charge is 0.268 e.